The number of unbranched alkanes of at least 4 members (excludes halogenated alkanes) is 2. The standard InChI is InChI=1S/C45H51N3O6/c49-41(53-32-35-20-10-3-11-21-35)24-14-5-15-29-46-44(51)42(36-25-27-38(28-26-36)54-37-22-12-4-13-23-37)48-40(31-34-18-8-2-9-19-34)43(50)47-39(45(48)52)30-33-16-6-1-7-17-33/h1,3-4,6-7,10-13,16-17,20-23,25-28,34,39-40,42H,2,5,8-9,14-15,18-19,24,29-32H2,(H,46,51)(H,47,50). The molecule has 1 saturated carbocycles. The Morgan fingerprint density at radius 2 is 1.37 bits per heavy atom. The normalized spacial score (nSPS) is 18.0. The number of rotatable bonds is 17. The molecule has 0 bridgehead atoms. The van der Waals surface area contributed by atoms with Gasteiger partial charge in [-0.3, -0.25) is 19.2 Å². The number of para-hydroxylation sites is 1. The van der Waals surface area contributed by atoms with Gasteiger partial charge in [-0.05, 0) is 66.1 Å². The molecule has 54 heavy (non-hydrogen) atoms. The molecule has 3 atom stereocenters. The van der Waals surface area contributed by atoms with E-state index in [2.05, 4.69) is 10.6 Å². The van der Waals surface area contributed by atoms with Crippen LogP contribution in [0, 0.1) is 5.92 Å². The smallest absolute Gasteiger partial charge is 0.306 e. The third-order valence-electron chi connectivity index (χ3n) is 10.4. The molecule has 1 heterocycles. The number of nitrogens with one attached hydrogen (secondary N) is 2. The van der Waals surface area contributed by atoms with E-state index in [1.807, 2.05) is 103 Å². The Morgan fingerprint density at radius 1 is 0.741 bits per heavy atom. The molecule has 6 rings (SSSR count). The molecule has 2 fully saturated rings. The molecule has 0 aromatic heterocycles. The van der Waals surface area contributed by atoms with Gasteiger partial charge in [0, 0.05) is 19.4 Å². The minimum Gasteiger partial charge on any atom is -0.461 e. The summed E-state index contributed by atoms with van der Waals surface area (Å²) < 4.78 is 11.4. The molecule has 1 saturated heterocycles. The highest BCUT2D eigenvalue weighted by molar-refractivity contribution is 6.00. The van der Waals surface area contributed by atoms with Crippen molar-refractivity contribution in [2.45, 2.75) is 95.4 Å². The highest BCUT2D eigenvalue weighted by Crippen LogP contribution is 2.35. The number of amides is 3. The number of benzene rings is 4. The van der Waals surface area contributed by atoms with E-state index in [1.165, 1.54) is 6.42 Å². The van der Waals surface area contributed by atoms with Gasteiger partial charge in [0.2, 0.25) is 17.7 Å². The summed E-state index contributed by atoms with van der Waals surface area (Å²) in [5, 5.41) is 6.12. The quantitative estimate of drug-likeness (QED) is 0.0846. The average Bonchev–Trinajstić information content (AvgIpc) is 3.20. The van der Waals surface area contributed by atoms with Crippen LogP contribution in [0.25, 0.3) is 0 Å². The SMILES string of the molecule is O=C(CCCCCNC(=O)C(c1ccc(Oc2ccccc2)cc1)N1C(=O)C(Cc2ccccc2)NC(=O)C1CC1CCCCC1)OCc1ccccc1. The monoisotopic (exact) mass is 729 g/mol. The molecule has 9 heteroatoms. The molecule has 9 nitrogen and oxygen atoms in total. The summed E-state index contributed by atoms with van der Waals surface area (Å²) >= 11 is 0. The van der Waals surface area contributed by atoms with Crippen LogP contribution in [0.4, 0.5) is 0 Å². The lowest BCUT2D eigenvalue weighted by molar-refractivity contribution is -0.156. The van der Waals surface area contributed by atoms with Crippen molar-refractivity contribution in [3.8, 4) is 11.5 Å². The van der Waals surface area contributed by atoms with Crippen molar-refractivity contribution in [2.24, 2.45) is 5.92 Å². The third-order valence-corrected chi connectivity index (χ3v) is 10.4. The predicted molar refractivity (Wildman–Crippen MR) is 207 cm³/mol. The van der Waals surface area contributed by atoms with Gasteiger partial charge in [-0.1, -0.05) is 130 Å². The van der Waals surface area contributed by atoms with Crippen LogP contribution in [0.5, 0.6) is 11.5 Å². The van der Waals surface area contributed by atoms with Crippen LogP contribution < -0.4 is 15.4 Å². The first-order chi connectivity index (χ1) is 26.4. The average molecular weight is 730 g/mol. The van der Waals surface area contributed by atoms with E-state index in [0.29, 0.717) is 68.1 Å². The van der Waals surface area contributed by atoms with Gasteiger partial charge in [0.15, 0.2) is 0 Å². The van der Waals surface area contributed by atoms with E-state index in [0.717, 1.165) is 36.8 Å². The molecule has 3 unspecified atom stereocenters. The van der Waals surface area contributed by atoms with Gasteiger partial charge in [-0.25, -0.2) is 0 Å². The Labute approximate surface area is 318 Å². The first-order valence-corrected chi connectivity index (χ1v) is 19.4. The Morgan fingerprint density at radius 3 is 2.06 bits per heavy atom. The van der Waals surface area contributed by atoms with E-state index in [-0.39, 0.29) is 30.3 Å². The lowest BCUT2D eigenvalue weighted by Crippen LogP contribution is -2.66. The maximum Gasteiger partial charge on any atom is 0.306 e. The van der Waals surface area contributed by atoms with Crippen LogP contribution in [0.15, 0.2) is 115 Å². The summed E-state index contributed by atoms with van der Waals surface area (Å²) in [6, 6.07) is 33.2. The maximum absolute atomic E-state index is 14.6. The molecule has 282 valence electrons. The molecule has 2 N–H and O–H groups in total. The van der Waals surface area contributed by atoms with Crippen LogP contribution >= 0.6 is 0 Å². The largest absolute Gasteiger partial charge is 0.461 e. The van der Waals surface area contributed by atoms with Crippen LogP contribution in [0.1, 0.15) is 86.9 Å². The minimum absolute atomic E-state index is 0.220. The molecule has 2 aliphatic rings. The van der Waals surface area contributed by atoms with Gasteiger partial charge < -0.3 is 25.0 Å². The van der Waals surface area contributed by atoms with E-state index >= 15 is 0 Å². The third kappa shape index (κ3) is 10.8. The van der Waals surface area contributed by atoms with Gasteiger partial charge >= 0.3 is 5.97 Å². The van der Waals surface area contributed by atoms with Crippen molar-refractivity contribution >= 4 is 23.7 Å². The van der Waals surface area contributed by atoms with Gasteiger partial charge in [-0.15, -0.1) is 0 Å². The summed E-state index contributed by atoms with van der Waals surface area (Å²) in [7, 11) is 0. The first kappa shape index (κ1) is 38.3. The van der Waals surface area contributed by atoms with E-state index < -0.39 is 18.1 Å². The fraction of sp³-hybridized carbons (Fsp3) is 0.378. The van der Waals surface area contributed by atoms with E-state index in [4.69, 9.17) is 9.47 Å². The Balaban J connectivity index is 1.18. The number of carbonyl (C=O) groups is 4. The van der Waals surface area contributed by atoms with Crippen molar-refractivity contribution in [2.75, 3.05) is 6.54 Å². The zero-order valence-corrected chi connectivity index (χ0v) is 30.9. The lowest BCUT2D eigenvalue weighted by atomic mass is 9.82. The van der Waals surface area contributed by atoms with Crippen LogP contribution in [-0.4, -0.2) is 47.2 Å². The second kappa shape index (κ2) is 19.6. The number of carbonyl (C=O) groups excluding carboxylic acids is 4. The van der Waals surface area contributed by atoms with Crippen molar-refractivity contribution in [1.82, 2.24) is 15.5 Å². The van der Waals surface area contributed by atoms with Crippen molar-refractivity contribution in [3.05, 3.63) is 132 Å². The first-order valence-electron chi connectivity index (χ1n) is 19.4. The highest BCUT2D eigenvalue weighted by atomic mass is 16.5. The second-order valence-corrected chi connectivity index (χ2v) is 14.4. The zero-order valence-electron chi connectivity index (χ0n) is 30.9. The van der Waals surface area contributed by atoms with Crippen LogP contribution in [0.2, 0.25) is 0 Å². The van der Waals surface area contributed by atoms with Crippen molar-refractivity contribution in [1.29, 1.82) is 0 Å². The molecular formula is C45H51N3O6. The van der Waals surface area contributed by atoms with E-state index in [1.54, 1.807) is 17.0 Å². The minimum atomic E-state index is -1.03. The number of piperazine rings is 1. The fourth-order valence-corrected chi connectivity index (χ4v) is 7.51. The topological polar surface area (TPSA) is 114 Å². The molecule has 3 amide bonds. The Kier molecular flexibility index (Phi) is 13.9. The summed E-state index contributed by atoms with van der Waals surface area (Å²) in [5.74, 6) is 0.487. The second-order valence-electron chi connectivity index (χ2n) is 14.4. The van der Waals surface area contributed by atoms with Crippen LogP contribution in [-0.2, 0) is 36.9 Å². The highest BCUT2D eigenvalue weighted by Gasteiger charge is 2.47. The summed E-state index contributed by atoms with van der Waals surface area (Å²) in [6.07, 6.45) is 8.49. The van der Waals surface area contributed by atoms with Gasteiger partial charge in [0.05, 0.1) is 0 Å². The zero-order chi connectivity index (χ0) is 37.5. The number of hydrogen-bond donors (Lipinski definition) is 2. The predicted octanol–water partition coefficient (Wildman–Crippen LogP) is 7.85. The lowest BCUT2D eigenvalue weighted by Gasteiger charge is -2.44. The molecule has 4 aromatic rings. The van der Waals surface area contributed by atoms with Gasteiger partial charge in [0.1, 0.15) is 36.2 Å². The van der Waals surface area contributed by atoms with Crippen LogP contribution in [0.3, 0.4) is 0 Å². The molecule has 1 aliphatic heterocycles. The maximum atomic E-state index is 14.6. The number of ether oxygens (including phenoxy) is 2. The van der Waals surface area contributed by atoms with Crippen molar-refractivity contribution in [3.63, 3.8) is 0 Å². The summed E-state index contributed by atoms with van der Waals surface area (Å²) in [6.45, 7) is 0.607. The molecule has 0 radical (unpaired) electrons. The molecule has 4 aromatic carbocycles. The molecular weight excluding hydrogens is 679 g/mol. The van der Waals surface area contributed by atoms with Gasteiger partial charge in [0.25, 0.3) is 0 Å². The number of esters is 1. The summed E-state index contributed by atoms with van der Waals surface area (Å²) in [4.78, 5) is 57.0. The van der Waals surface area contributed by atoms with E-state index in [9.17, 15) is 19.2 Å². The molecule has 0 spiro atoms. The number of nitrogens with zero attached hydrogens (tertiary/aromatic N) is 1. The van der Waals surface area contributed by atoms with Crippen molar-refractivity contribution < 1.29 is 28.7 Å². The summed E-state index contributed by atoms with van der Waals surface area (Å²) in [5.41, 5.74) is 2.47. The fourth-order valence-electron chi connectivity index (χ4n) is 7.51. The Bertz CT molecular complexity index is 1800. The van der Waals surface area contributed by atoms with Gasteiger partial charge in [-0.2, -0.15) is 0 Å². The molecule has 1 aliphatic carbocycles. The number of hydrogen-bond acceptors (Lipinski definition) is 6. The Hall–Kier alpha value is -5.44.